The van der Waals surface area contributed by atoms with Crippen LogP contribution >= 0.6 is 23.4 Å². The van der Waals surface area contributed by atoms with Gasteiger partial charge in [-0.3, -0.25) is 4.79 Å². The quantitative estimate of drug-likeness (QED) is 0.500. The molecule has 2 heterocycles. The van der Waals surface area contributed by atoms with Gasteiger partial charge in [0.25, 0.3) is 5.22 Å². The van der Waals surface area contributed by atoms with Crippen LogP contribution in [0.5, 0.6) is 0 Å². The molecule has 0 aliphatic carbocycles. The van der Waals surface area contributed by atoms with Crippen molar-refractivity contribution >= 4 is 29.1 Å². The van der Waals surface area contributed by atoms with Crippen LogP contribution in [0.1, 0.15) is 21.7 Å². The molecule has 0 saturated carbocycles. The maximum absolute atomic E-state index is 12.4. The van der Waals surface area contributed by atoms with Gasteiger partial charge in [-0.25, -0.2) is 0 Å². The Morgan fingerprint density at radius 1 is 1.29 bits per heavy atom. The van der Waals surface area contributed by atoms with Gasteiger partial charge in [0.05, 0.1) is 5.75 Å². The van der Waals surface area contributed by atoms with Gasteiger partial charge in [-0.05, 0) is 38.1 Å². The second kappa shape index (κ2) is 6.83. The molecule has 2 aromatic heterocycles. The van der Waals surface area contributed by atoms with Gasteiger partial charge < -0.3 is 8.98 Å². The number of Topliss-reactive ketones (excluding diaryl/α,β-unsaturated/α-hetero) is 1. The number of thioether (sulfide) groups is 1. The highest BCUT2D eigenvalue weighted by atomic mass is 35.5. The van der Waals surface area contributed by atoms with E-state index in [1.54, 1.807) is 12.1 Å². The van der Waals surface area contributed by atoms with E-state index < -0.39 is 0 Å². The molecule has 0 radical (unpaired) electrons. The van der Waals surface area contributed by atoms with Crippen molar-refractivity contribution in [2.24, 2.45) is 7.05 Å². The molecule has 0 N–H and O–H groups in total. The summed E-state index contributed by atoms with van der Waals surface area (Å²) in [6.07, 6.45) is 0. The predicted molar refractivity (Wildman–Crippen MR) is 94.7 cm³/mol. The van der Waals surface area contributed by atoms with Gasteiger partial charge in [-0.2, -0.15) is 0 Å². The van der Waals surface area contributed by atoms with E-state index in [1.165, 1.54) is 11.8 Å². The minimum Gasteiger partial charge on any atom is -0.411 e. The number of benzene rings is 1. The summed E-state index contributed by atoms with van der Waals surface area (Å²) >= 11 is 7.19. The Bertz CT molecular complexity index is 901. The summed E-state index contributed by atoms with van der Waals surface area (Å²) in [4.78, 5) is 12.4. The average Bonchev–Trinajstić information content (AvgIpc) is 3.13. The SMILES string of the molecule is Cc1cc(C(=O)CSc2nnc(-c3cccc(Cl)c3)o2)c(C)n1C. The molecule has 24 heavy (non-hydrogen) atoms. The fourth-order valence-corrected chi connectivity index (χ4v) is 3.19. The minimum absolute atomic E-state index is 0.0451. The Morgan fingerprint density at radius 3 is 2.75 bits per heavy atom. The predicted octanol–water partition coefficient (Wildman–Crippen LogP) is 4.32. The maximum atomic E-state index is 12.4. The van der Waals surface area contributed by atoms with Crippen molar-refractivity contribution in [1.29, 1.82) is 0 Å². The topological polar surface area (TPSA) is 60.9 Å². The normalized spacial score (nSPS) is 11.0. The molecule has 3 aromatic rings. The van der Waals surface area contributed by atoms with E-state index in [0.29, 0.717) is 16.1 Å². The lowest BCUT2D eigenvalue weighted by molar-refractivity contribution is 0.102. The lowest BCUT2D eigenvalue weighted by Gasteiger charge is -2.01. The number of carbonyl (C=O) groups is 1. The van der Waals surface area contributed by atoms with Gasteiger partial charge in [-0.15, -0.1) is 10.2 Å². The van der Waals surface area contributed by atoms with Crippen LogP contribution in [0.4, 0.5) is 0 Å². The van der Waals surface area contributed by atoms with Crippen molar-refractivity contribution < 1.29 is 9.21 Å². The summed E-state index contributed by atoms with van der Waals surface area (Å²) in [6, 6.07) is 9.10. The minimum atomic E-state index is 0.0451. The Morgan fingerprint density at radius 2 is 2.08 bits per heavy atom. The molecule has 5 nitrogen and oxygen atoms in total. The van der Waals surface area contributed by atoms with Crippen LogP contribution in [0.3, 0.4) is 0 Å². The first-order valence-corrected chi connectivity index (χ1v) is 8.70. The smallest absolute Gasteiger partial charge is 0.277 e. The van der Waals surface area contributed by atoms with Gasteiger partial charge in [0.2, 0.25) is 5.89 Å². The molecule has 0 aliphatic rings. The molecular weight excluding hydrogens is 346 g/mol. The third-order valence-electron chi connectivity index (χ3n) is 3.88. The van der Waals surface area contributed by atoms with Crippen molar-refractivity contribution in [2.75, 3.05) is 5.75 Å². The summed E-state index contributed by atoms with van der Waals surface area (Å²) < 4.78 is 7.60. The van der Waals surface area contributed by atoms with Gasteiger partial charge in [-0.1, -0.05) is 29.4 Å². The van der Waals surface area contributed by atoms with Crippen molar-refractivity contribution in [1.82, 2.24) is 14.8 Å². The van der Waals surface area contributed by atoms with Crippen molar-refractivity contribution in [3.05, 3.63) is 52.3 Å². The van der Waals surface area contributed by atoms with E-state index in [2.05, 4.69) is 10.2 Å². The van der Waals surface area contributed by atoms with E-state index >= 15 is 0 Å². The van der Waals surface area contributed by atoms with Crippen LogP contribution in [0, 0.1) is 13.8 Å². The Hall–Kier alpha value is -2.05. The van der Waals surface area contributed by atoms with Crippen molar-refractivity contribution in [3.8, 4) is 11.5 Å². The monoisotopic (exact) mass is 361 g/mol. The molecule has 124 valence electrons. The first-order chi connectivity index (χ1) is 11.5. The molecule has 0 atom stereocenters. The Labute approximate surface area is 149 Å². The number of hydrogen-bond acceptors (Lipinski definition) is 5. The van der Waals surface area contributed by atoms with Crippen LogP contribution in [0.25, 0.3) is 11.5 Å². The van der Waals surface area contributed by atoms with E-state index in [4.69, 9.17) is 16.0 Å². The molecule has 0 unspecified atom stereocenters. The van der Waals surface area contributed by atoms with Crippen LogP contribution in [-0.2, 0) is 7.05 Å². The number of hydrogen-bond donors (Lipinski definition) is 0. The van der Waals surface area contributed by atoms with E-state index in [0.717, 1.165) is 22.5 Å². The molecule has 7 heteroatoms. The van der Waals surface area contributed by atoms with E-state index in [9.17, 15) is 4.79 Å². The first kappa shape index (κ1) is 16.8. The lowest BCUT2D eigenvalue weighted by Crippen LogP contribution is -2.04. The molecule has 0 spiro atoms. The maximum Gasteiger partial charge on any atom is 0.277 e. The molecule has 0 amide bonds. The second-order valence-electron chi connectivity index (χ2n) is 5.44. The number of ketones is 1. The Balaban J connectivity index is 1.69. The number of halogens is 1. The van der Waals surface area contributed by atoms with E-state index in [1.807, 2.05) is 43.7 Å². The number of rotatable bonds is 5. The van der Waals surface area contributed by atoms with Gasteiger partial charge in [0, 0.05) is 34.6 Å². The largest absolute Gasteiger partial charge is 0.411 e. The van der Waals surface area contributed by atoms with Crippen LogP contribution in [-0.4, -0.2) is 26.3 Å². The summed E-state index contributed by atoms with van der Waals surface area (Å²) in [5, 5.41) is 8.95. The highest BCUT2D eigenvalue weighted by Gasteiger charge is 2.16. The first-order valence-electron chi connectivity index (χ1n) is 7.34. The molecular formula is C17H16ClN3O2S. The zero-order valence-electron chi connectivity index (χ0n) is 13.5. The van der Waals surface area contributed by atoms with Gasteiger partial charge in [0.15, 0.2) is 5.78 Å². The molecule has 3 rings (SSSR count). The Kier molecular flexibility index (Phi) is 4.78. The van der Waals surface area contributed by atoms with Crippen LogP contribution < -0.4 is 0 Å². The van der Waals surface area contributed by atoms with Crippen LogP contribution in [0.15, 0.2) is 40.0 Å². The molecule has 0 aliphatic heterocycles. The molecule has 1 aromatic carbocycles. The fraction of sp³-hybridized carbons (Fsp3) is 0.235. The summed E-state index contributed by atoms with van der Waals surface area (Å²) in [7, 11) is 1.95. The summed E-state index contributed by atoms with van der Waals surface area (Å²) in [6.45, 7) is 3.92. The number of aryl methyl sites for hydroxylation is 1. The van der Waals surface area contributed by atoms with Gasteiger partial charge in [0.1, 0.15) is 0 Å². The third kappa shape index (κ3) is 3.39. The molecule has 0 fully saturated rings. The highest BCUT2D eigenvalue weighted by Crippen LogP contribution is 2.26. The third-order valence-corrected chi connectivity index (χ3v) is 4.93. The van der Waals surface area contributed by atoms with Gasteiger partial charge >= 0.3 is 0 Å². The number of aromatic nitrogens is 3. The van der Waals surface area contributed by atoms with E-state index in [-0.39, 0.29) is 11.5 Å². The van der Waals surface area contributed by atoms with Crippen LogP contribution in [0.2, 0.25) is 5.02 Å². The zero-order chi connectivity index (χ0) is 17.3. The standard InChI is InChI=1S/C17H16ClN3O2S/c1-10-7-14(11(2)21(10)3)15(22)9-24-17-20-19-16(23-17)12-5-4-6-13(18)8-12/h4-8H,9H2,1-3H3. The summed E-state index contributed by atoms with van der Waals surface area (Å²) in [5.41, 5.74) is 3.50. The lowest BCUT2D eigenvalue weighted by atomic mass is 10.2. The van der Waals surface area contributed by atoms with Crippen molar-refractivity contribution in [2.45, 2.75) is 19.1 Å². The number of nitrogens with zero attached hydrogens (tertiary/aromatic N) is 3. The fourth-order valence-electron chi connectivity index (χ4n) is 2.35. The number of carbonyl (C=O) groups excluding carboxylic acids is 1. The molecule has 0 bridgehead atoms. The summed E-state index contributed by atoms with van der Waals surface area (Å²) in [5.74, 6) is 0.685. The molecule has 0 saturated heterocycles. The average molecular weight is 362 g/mol. The second-order valence-corrected chi connectivity index (χ2v) is 6.80. The zero-order valence-corrected chi connectivity index (χ0v) is 15.1. The highest BCUT2D eigenvalue weighted by molar-refractivity contribution is 7.99. The van der Waals surface area contributed by atoms with Crippen molar-refractivity contribution in [3.63, 3.8) is 0 Å².